The van der Waals surface area contributed by atoms with Crippen LogP contribution in [0.25, 0.3) is 10.8 Å². The van der Waals surface area contributed by atoms with Crippen LogP contribution in [0.4, 0.5) is 0 Å². The molecule has 0 aromatic heterocycles. The smallest absolute Gasteiger partial charge is 0.124 e. The molecule has 20 heavy (non-hydrogen) atoms. The highest BCUT2D eigenvalue weighted by atomic mass is 16.5. The van der Waals surface area contributed by atoms with Gasteiger partial charge >= 0.3 is 0 Å². The van der Waals surface area contributed by atoms with E-state index >= 15 is 0 Å². The molecule has 1 saturated heterocycles. The molecule has 3 rings (SSSR count). The van der Waals surface area contributed by atoms with Crippen molar-refractivity contribution >= 4 is 10.8 Å². The van der Waals surface area contributed by atoms with Crippen molar-refractivity contribution in [1.82, 2.24) is 10.4 Å². The number of hydrogen-bond donors (Lipinski definition) is 1. The minimum atomic E-state index is 0.768. The van der Waals surface area contributed by atoms with Gasteiger partial charge in [-0.2, -0.15) is 0 Å². The molecule has 0 atom stereocenters. The van der Waals surface area contributed by atoms with Crippen LogP contribution in [0.5, 0.6) is 5.75 Å². The van der Waals surface area contributed by atoms with Crippen LogP contribution in [0.2, 0.25) is 0 Å². The van der Waals surface area contributed by atoms with E-state index in [4.69, 9.17) is 9.47 Å². The Labute approximate surface area is 119 Å². The molecular formula is C16H20N2O2. The lowest BCUT2D eigenvalue weighted by Gasteiger charge is -2.27. The average molecular weight is 272 g/mol. The zero-order chi connectivity index (χ0) is 13.8. The van der Waals surface area contributed by atoms with E-state index < -0.39 is 0 Å². The number of ether oxygens (including phenoxy) is 2. The molecule has 0 saturated carbocycles. The van der Waals surface area contributed by atoms with Gasteiger partial charge in [0.25, 0.3) is 0 Å². The molecule has 0 amide bonds. The Morgan fingerprint density at radius 2 is 1.95 bits per heavy atom. The van der Waals surface area contributed by atoms with Gasteiger partial charge in [0.05, 0.1) is 20.3 Å². The summed E-state index contributed by atoms with van der Waals surface area (Å²) < 4.78 is 10.9. The Morgan fingerprint density at radius 1 is 1.15 bits per heavy atom. The van der Waals surface area contributed by atoms with E-state index in [2.05, 4.69) is 40.8 Å². The first-order valence-electron chi connectivity index (χ1n) is 6.99. The van der Waals surface area contributed by atoms with E-state index in [-0.39, 0.29) is 0 Å². The number of hydrogen-bond acceptors (Lipinski definition) is 4. The maximum Gasteiger partial charge on any atom is 0.124 e. The molecule has 1 aliphatic rings. The van der Waals surface area contributed by atoms with Crippen molar-refractivity contribution < 1.29 is 9.47 Å². The minimum absolute atomic E-state index is 0.768. The summed E-state index contributed by atoms with van der Waals surface area (Å²) >= 11 is 0. The highest BCUT2D eigenvalue weighted by Gasteiger charge is 2.12. The summed E-state index contributed by atoms with van der Waals surface area (Å²) in [4.78, 5) is 0. The van der Waals surface area contributed by atoms with Gasteiger partial charge in [0, 0.05) is 25.2 Å². The number of fused-ring (bicyclic) bond motifs is 1. The van der Waals surface area contributed by atoms with Gasteiger partial charge in [0.2, 0.25) is 0 Å². The van der Waals surface area contributed by atoms with Crippen molar-refractivity contribution in [3.63, 3.8) is 0 Å². The predicted molar refractivity (Wildman–Crippen MR) is 79.7 cm³/mol. The van der Waals surface area contributed by atoms with Gasteiger partial charge in [-0.05, 0) is 16.8 Å². The molecule has 1 heterocycles. The Kier molecular flexibility index (Phi) is 4.16. The maximum atomic E-state index is 5.51. The van der Waals surface area contributed by atoms with Crippen LogP contribution in [0.1, 0.15) is 5.56 Å². The van der Waals surface area contributed by atoms with Crippen molar-refractivity contribution in [2.24, 2.45) is 0 Å². The molecule has 1 aliphatic heterocycles. The summed E-state index contributed by atoms with van der Waals surface area (Å²) in [6.45, 7) is 4.20. The minimum Gasteiger partial charge on any atom is -0.496 e. The number of nitrogens with zero attached hydrogens (tertiary/aromatic N) is 1. The van der Waals surface area contributed by atoms with Crippen LogP contribution in [-0.2, 0) is 11.3 Å². The Balaban J connectivity index is 1.84. The van der Waals surface area contributed by atoms with Crippen molar-refractivity contribution in [3.05, 3.63) is 42.0 Å². The second-order valence-corrected chi connectivity index (χ2v) is 4.90. The SMILES string of the molecule is COc1ccc2ccccc2c1CNN1CCOCC1. The van der Waals surface area contributed by atoms with E-state index in [9.17, 15) is 0 Å². The maximum absolute atomic E-state index is 5.51. The van der Waals surface area contributed by atoms with Gasteiger partial charge in [-0.1, -0.05) is 30.3 Å². The van der Waals surface area contributed by atoms with Crippen LogP contribution >= 0.6 is 0 Å². The second-order valence-electron chi connectivity index (χ2n) is 4.90. The van der Waals surface area contributed by atoms with Gasteiger partial charge in [-0.15, -0.1) is 0 Å². The number of benzene rings is 2. The fraction of sp³-hybridized carbons (Fsp3) is 0.375. The summed E-state index contributed by atoms with van der Waals surface area (Å²) in [5.41, 5.74) is 4.68. The van der Waals surface area contributed by atoms with Gasteiger partial charge in [-0.25, -0.2) is 5.01 Å². The molecule has 0 radical (unpaired) electrons. The van der Waals surface area contributed by atoms with Gasteiger partial charge in [-0.3, -0.25) is 5.43 Å². The van der Waals surface area contributed by atoms with E-state index in [0.29, 0.717) is 0 Å². The summed E-state index contributed by atoms with van der Waals surface area (Å²) in [5.74, 6) is 0.935. The number of morpholine rings is 1. The lowest BCUT2D eigenvalue weighted by atomic mass is 10.0. The molecule has 1 fully saturated rings. The first-order chi connectivity index (χ1) is 9.88. The zero-order valence-corrected chi connectivity index (χ0v) is 11.8. The largest absolute Gasteiger partial charge is 0.496 e. The number of methoxy groups -OCH3 is 1. The van der Waals surface area contributed by atoms with Crippen molar-refractivity contribution in [1.29, 1.82) is 0 Å². The molecule has 4 nitrogen and oxygen atoms in total. The second kappa shape index (κ2) is 6.22. The highest BCUT2D eigenvalue weighted by molar-refractivity contribution is 5.87. The molecule has 0 unspecified atom stereocenters. The van der Waals surface area contributed by atoms with Crippen LogP contribution < -0.4 is 10.2 Å². The summed E-state index contributed by atoms with van der Waals surface area (Å²) in [5, 5.41) is 4.70. The molecule has 0 aliphatic carbocycles. The van der Waals surface area contributed by atoms with E-state index in [1.807, 2.05) is 6.07 Å². The number of hydrazine groups is 1. The lowest BCUT2D eigenvalue weighted by molar-refractivity contribution is 0.0105. The molecular weight excluding hydrogens is 252 g/mol. The van der Waals surface area contributed by atoms with E-state index in [1.54, 1.807) is 7.11 Å². The fourth-order valence-corrected chi connectivity index (χ4v) is 2.60. The van der Waals surface area contributed by atoms with Crippen LogP contribution in [-0.4, -0.2) is 38.4 Å². The monoisotopic (exact) mass is 272 g/mol. The topological polar surface area (TPSA) is 33.7 Å². The number of rotatable bonds is 4. The first kappa shape index (κ1) is 13.4. The first-order valence-corrected chi connectivity index (χ1v) is 6.99. The molecule has 1 N–H and O–H groups in total. The number of nitrogens with one attached hydrogen (secondary N) is 1. The van der Waals surface area contributed by atoms with Gasteiger partial charge < -0.3 is 9.47 Å². The highest BCUT2D eigenvalue weighted by Crippen LogP contribution is 2.27. The third-order valence-electron chi connectivity index (χ3n) is 3.71. The van der Waals surface area contributed by atoms with Crippen LogP contribution in [0.3, 0.4) is 0 Å². The van der Waals surface area contributed by atoms with Crippen molar-refractivity contribution in [2.45, 2.75) is 6.54 Å². The summed E-state index contributed by atoms with van der Waals surface area (Å²) in [7, 11) is 1.72. The third kappa shape index (κ3) is 2.77. The van der Waals surface area contributed by atoms with Crippen LogP contribution in [0.15, 0.2) is 36.4 Å². The molecule has 2 aromatic rings. The third-order valence-corrected chi connectivity index (χ3v) is 3.71. The molecule has 4 heteroatoms. The van der Waals surface area contributed by atoms with Crippen LogP contribution in [0, 0.1) is 0 Å². The summed E-state index contributed by atoms with van der Waals surface area (Å²) in [6, 6.07) is 12.6. The standard InChI is InChI=1S/C16H20N2O2/c1-19-16-7-6-13-4-2-3-5-14(13)15(16)12-17-18-8-10-20-11-9-18/h2-7,17H,8-12H2,1H3. The van der Waals surface area contributed by atoms with Gasteiger partial charge in [0.1, 0.15) is 5.75 Å². The predicted octanol–water partition coefficient (Wildman–Crippen LogP) is 2.19. The van der Waals surface area contributed by atoms with Crippen molar-refractivity contribution in [3.8, 4) is 5.75 Å². The van der Waals surface area contributed by atoms with Gasteiger partial charge in [0.15, 0.2) is 0 Å². The molecule has 106 valence electrons. The summed E-state index contributed by atoms with van der Waals surface area (Å²) in [6.07, 6.45) is 0. The van der Waals surface area contributed by atoms with Crippen molar-refractivity contribution in [2.75, 3.05) is 33.4 Å². The quantitative estimate of drug-likeness (QED) is 0.925. The average Bonchev–Trinajstić information content (AvgIpc) is 2.53. The molecule has 0 spiro atoms. The fourth-order valence-electron chi connectivity index (χ4n) is 2.60. The Bertz CT molecular complexity index is 580. The van der Waals surface area contributed by atoms with E-state index in [0.717, 1.165) is 38.6 Å². The molecule has 2 aromatic carbocycles. The zero-order valence-electron chi connectivity index (χ0n) is 11.8. The Morgan fingerprint density at radius 3 is 2.75 bits per heavy atom. The van der Waals surface area contributed by atoms with E-state index in [1.165, 1.54) is 16.3 Å². The normalized spacial score (nSPS) is 16.4. The lowest BCUT2D eigenvalue weighted by Crippen LogP contribution is -2.45. The molecule has 0 bridgehead atoms. The Hall–Kier alpha value is -1.62.